The van der Waals surface area contributed by atoms with Crippen LogP contribution in [0.2, 0.25) is 0 Å². The van der Waals surface area contributed by atoms with E-state index in [2.05, 4.69) is 21.1 Å². The van der Waals surface area contributed by atoms with Crippen LogP contribution in [0.5, 0.6) is 5.75 Å². The molecule has 0 saturated carbocycles. The summed E-state index contributed by atoms with van der Waals surface area (Å²) in [7, 11) is 0. The highest BCUT2D eigenvalue weighted by Gasteiger charge is 2.18. The Labute approximate surface area is 162 Å². The fraction of sp³-hybridized carbons (Fsp3) is 0.143. The van der Waals surface area contributed by atoms with Crippen LogP contribution in [-0.2, 0) is 9.59 Å². The molecule has 0 bridgehead atoms. The number of carbonyl (C=O) groups excluding carboxylic acids is 2. The van der Waals surface area contributed by atoms with E-state index in [-0.39, 0.29) is 18.4 Å². The van der Waals surface area contributed by atoms with Crippen LogP contribution in [-0.4, -0.2) is 29.8 Å². The first-order valence-corrected chi connectivity index (χ1v) is 8.71. The van der Waals surface area contributed by atoms with E-state index in [1.54, 1.807) is 37.3 Å². The summed E-state index contributed by atoms with van der Waals surface area (Å²) >= 11 is 0. The molecule has 1 aliphatic rings. The van der Waals surface area contributed by atoms with Gasteiger partial charge >= 0.3 is 0 Å². The molecule has 28 heavy (non-hydrogen) atoms. The largest absolute Gasteiger partial charge is 0.484 e. The molecule has 0 spiro atoms. The van der Waals surface area contributed by atoms with Gasteiger partial charge in [-0.05, 0) is 43.2 Å². The maximum atomic E-state index is 11.9. The van der Waals surface area contributed by atoms with E-state index in [1.807, 2.05) is 37.3 Å². The van der Waals surface area contributed by atoms with Crippen molar-refractivity contribution < 1.29 is 14.3 Å². The highest BCUT2D eigenvalue weighted by Crippen LogP contribution is 2.16. The third-order valence-electron chi connectivity index (χ3n) is 4.06. The molecule has 1 heterocycles. The van der Waals surface area contributed by atoms with Crippen molar-refractivity contribution >= 4 is 29.3 Å². The standard InChI is InChI=1S/C21H20N4O3/c1-14(17-6-4-3-5-7-17)22-24-20(26)13-28-18-10-8-16(9-11-18)12-19-15(2)23-25-21(19)27/h3-12H,13H2,1-2H3,(H,24,26)(H,25,27)/b19-12-,22-14-. The summed E-state index contributed by atoms with van der Waals surface area (Å²) < 4.78 is 5.47. The van der Waals surface area contributed by atoms with Crippen molar-refractivity contribution in [2.45, 2.75) is 13.8 Å². The number of amides is 2. The monoisotopic (exact) mass is 376 g/mol. The quantitative estimate of drug-likeness (QED) is 0.461. The number of hydrogen-bond donors (Lipinski definition) is 2. The third-order valence-corrected chi connectivity index (χ3v) is 4.06. The Balaban J connectivity index is 1.52. The molecule has 0 fully saturated rings. The van der Waals surface area contributed by atoms with Crippen molar-refractivity contribution in [2.75, 3.05) is 6.61 Å². The molecule has 142 valence electrons. The summed E-state index contributed by atoms with van der Waals surface area (Å²) in [4.78, 5) is 23.6. The van der Waals surface area contributed by atoms with Crippen LogP contribution in [0.1, 0.15) is 25.0 Å². The molecule has 3 rings (SSSR count). The van der Waals surface area contributed by atoms with E-state index in [0.717, 1.165) is 11.1 Å². The van der Waals surface area contributed by atoms with Crippen LogP contribution < -0.4 is 15.6 Å². The predicted octanol–water partition coefficient (Wildman–Crippen LogP) is 2.49. The van der Waals surface area contributed by atoms with E-state index >= 15 is 0 Å². The molecule has 1 aliphatic heterocycles. The minimum Gasteiger partial charge on any atom is -0.484 e. The molecule has 2 N–H and O–H groups in total. The van der Waals surface area contributed by atoms with E-state index in [0.29, 0.717) is 22.7 Å². The molecule has 0 aromatic heterocycles. The lowest BCUT2D eigenvalue weighted by Crippen LogP contribution is -2.25. The molecule has 0 aliphatic carbocycles. The second-order valence-corrected chi connectivity index (χ2v) is 6.15. The zero-order chi connectivity index (χ0) is 19.9. The van der Waals surface area contributed by atoms with Crippen LogP contribution in [0.4, 0.5) is 0 Å². The zero-order valence-corrected chi connectivity index (χ0v) is 15.6. The maximum Gasteiger partial charge on any atom is 0.277 e. The van der Waals surface area contributed by atoms with E-state index in [9.17, 15) is 9.59 Å². The van der Waals surface area contributed by atoms with Gasteiger partial charge in [0.05, 0.1) is 17.0 Å². The van der Waals surface area contributed by atoms with Crippen LogP contribution in [0.3, 0.4) is 0 Å². The molecule has 2 aromatic carbocycles. The van der Waals surface area contributed by atoms with Crippen molar-refractivity contribution in [3.05, 3.63) is 71.3 Å². The smallest absolute Gasteiger partial charge is 0.277 e. The van der Waals surface area contributed by atoms with Gasteiger partial charge in [-0.3, -0.25) is 9.59 Å². The summed E-state index contributed by atoms with van der Waals surface area (Å²) in [5, 5.41) is 7.95. The van der Waals surface area contributed by atoms with Gasteiger partial charge in [0.25, 0.3) is 11.8 Å². The Bertz CT molecular complexity index is 961. The minimum absolute atomic E-state index is 0.153. The van der Waals surface area contributed by atoms with Gasteiger partial charge < -0.3 is 4.74 Å². The number of hydrogen-bond acceptors (Lipinski definition) is 5. The van der Waals surface area contributed by atoms with Crippen LogP contribution in [0.15, 0.2) is 70.4 Å². The number of ether oxygens (including phenoxy) is 1. The molecule has 7 heteroatoms. The highest BCUT2D eigenvalue weighted by molar-refractivity contribution is 6.26. The van der Waals surface area contributed by atoms with Crippen molar-refractivity contribution in [2.24, 2.45) is 10.2 Å². The van der Waals surface area contributed by atoms with Crippen molar-refractivity contribution in [3.63, 3.8) is 0 Å². The van der Waals surface area contributed by atoms with E-state index in [4.69, 9.17) is 4.74 Å². The number of hydrazone groups is 2. The first-order chi connectivity index (χ1) is 13.5. The van der Waals surface area contributed by atoms with Crippen LogP contribution >= 0.6 is 0 Å². The lowest BCUT2D eigenvalue weighted by Gasteiger charge is -2.06. The fourth-order valence-electron chi connectivity index (χ4n) is 2.49. The molecule has 0 unspecified atom stereocenters. The van der Waals surface area contributed by atoms with Gasteiger partial charge in [-0.15, -0.1) is 0 Å². The molecule has 7 nitrogen and oxygen atoms in total. The van der Waals surface area contributed by atoms with Crippen molar-refractivity contribution in [1.82, 2.24) is 10.9 Å². The summed E-state index contributed by atoms with van der Waals surface area (Å²) in [6, 6.07) is 16.6. The van der Waals surface area contributed by atoms with E-state index < -0.39 is 0 Å². The minimum atomic E-state index is -0.351. The lowest BCUT2D eigenvalue weighted by molar-refractivity contribution is -0.123. The van der Waals surface area contributed by atoms with Crippen molar-refractivity contribution in [1.29, 1.82) is 0 Å². The van der Waals surface area contributed by atoms with Gasteiger partial charge in [-0.2, -0.15) is 10.2 Å². The molecule has 2 amide bonds. The Morgan fingerprint density at radius 1 is 1.18 bits per heavy atom. The Morgan fingerprint density at radius 2 is 1.89 bits per heavy atom. The number of carbonyl (C=O) groups is 2. The molecular formula is C21H20N4O3. The Morgan fingerprint density at radius 3 is 2.54 bits per heavy atom. The Hall–Kier alpha value is -3.74. The molecule has 0 radical (unpaired) electrons. The van der Waals surface area contributed by atoms with Crippen molar-refractivity contribution in [3.8, 4) is 5.75 Å². The number of rotatable bonds is 6. The second kappa shape index (κ2) is 8.77. The van der Waals surface area contributed by atoms with Crippen LogP contribution in [0, 0.1) is 0 Å². The molecule has 0 saturated heterocycles. The van der Waals surface area contributed by atoms with Gasteiger partial charge in [0.15, 0.2) is 6.61 Å². The maximum absolute atomic E-state index is 11.9. The first kappa shape index (κ1) is 19.0. The summed E-state index contributed by atoms with van der Waals surface area (Å²) in [6.07, 6.45) is 1.75. The molecule has 2 aromatic rings. The topological polar surface area (TPSA) is 92.1 Å². The van der Waals surface area contributed by atoms with Gasteiger partial charge in [0.2, 0.25) is 0 Å². The van der Waals surface area contributed by atoms with Gasteiger partial charge in [0, 0.05) is 0 Å². The first-order valence-electron chi connectivity index (χ1n) is 8.71. The summed E-state index contributed by atoms with van der Waals surface area (Å²) in [6.45, 7) is 3.43. The summed E-state index contributed by atoms with van der Waals surface area (Å²) in [5.74, 6) is -0.0286. The number of nitrogens with one attached hydrogen (secondary N) is 2. The fourth-order valence-corrected chi connectivity index (χ4v) is 2.49. The van der Waals surface area contributed by atoms with Gasteiger partial charge in [0.1, 0.15) is 5.75 Å². The number of benzene rings is 2. The van der Waals surface area contributed by atoms with Gasteiger partial charge in [-0.25, -0.2) is 10.9 Å². The average Bonchev–Trinajstić information content (AvgIpc) is 3.04. The predicted molar refractivity (Wildman–Crippen MR) is 108 cm³/mol. The lowest BCUT2D eigenvalue weighted by atomic mass is 10.1. The second-order valence-electron chi connectivity index (χ2n) is 6.15. The number of nitrogens with zero attached hydrogens (tertiary/aromatic N) is 2. The van der Waals surface area contributed by atoms with Gasteiger partial charge in [-0.1, -0.05) is 42.5 Å². The molecular weight excluding hydrogens is 356 g/mol. The zero-order valence-electron chi connectivity index (χ0n) is 15.6. The Kier molecular flexibility index (Phi) is 5.96. The average molecular weight is 376 g/mol. The molecule has 0 atom stereocenters. The summed E-state index contributed by atoms with van der Waals surface area (Å²) in [5.41, 5.74) is 8.55. The van der Waals surface area contributed by atoms with Crippen LogP contribution in [0.25, 0.3) is 6.08 Å². The third kappa shape index (κ3) is 4.91. The SMILES string of the molecule is CC1=NNC(=O)/C1=C\c1ccc(OCC(=O)N/N=C(/C)c2ccccc2)cc1. The highest BCUT2D eigenvalue weighted by atomic mass is 16.5. The normalized spacial score (nSPS) is 15.2. The van der Waals surface area contributed by atoms with E-state index in [1.165, 1.54) is 0 Å².